The van der Waals surface area contributed by atoms with Gasteiger partial charge in [0.15, 0.2) is 0 Å². The van der Waals surface area contributed by atoms with Gasteiger partial charge in [0.2, 0.25) is 0 Å². The minimum Gasteiger partial charge on any atom is -0.354 e. The Hall–Kier alpha value is -1.60. The lowest BCUT2D eigenvalue weighted by Gasteiger charge is -2.37. The molecule has 1 aromatic heterocycles. The Bertz CT molecular complexity index is 559. The van der Waals surface area contributed by atoms with Crippen LogP contribution in [0.2, 0.25) is 0 Å². The highest BCUT2D eigenvalue weighted by molar-refractivity contribution is 5.57. The van der Waals surface area contributed by atoms with Gasteiger partial charge in [-0.2, -0.15) is 5.26 Å². The number of nitriles is 1. The summed E-state index contributed by atoms with van der Waals surface area (Å²) in [6.07, 6.45) is 7.01. The van der Waals surface area contributed by atoms with Crippen LogP contribution in [0.25, 0.3) is 0 Å². The maximum atomic E-state index is 9.50. The minimum absolute atomic E-state index is 0.558. The Morgan fingerprint density at radius 1 is 1.29 bits per heavy atom. The van der Waals surface area contributed by atoms with Gasteiger partial charge < -0.3 is 9.80 Å². The number of hydrogen-bond acceptors (Lipinski definition) is 4. The van der Waals surface area contributed by atoms with Crippen LogP contribution in [-0.4, -0.2) is 43.1 Å². The average Bonchev–Trinajstić information content (AvgIpc) is 2.53. The molecular weight excluding hydrogens is 260 g/mol. The van der Waals surface area contributed by atoms with E-state index in [4.69, 9.17) is 4.98 Å². The topological polar surface area (TPSA) is 43.2 Å². The van der Waals surface area contributed by atoms with Crippen molar-refractivity contribution >= 4 is 5.82 Å². The lowest BCUT2D eigenvalue weighted by molar-refractivity contribution is 0.257. The van der Waals surface area contributed by atoms with Gasteiger partial charge in [-0.15, -0.1) is 0 Å². The van der Waals surface area contributed by atoms with E-state index >= 15 is 0 Å². The van der Waals surface area contributed by atoms with Gasteiger partial charge in [-0.1, -0.05) is 0 Å². The van der Waals surface area contributed by atoms with Crippen molar-refractivity contribution in [1.82, 2.24) is 9.88 Å². The van der Waals surface area contributed by atoms with Gasteiger partial charge in [-0.25, -0.2) is 4.98 Å². The first-order chi connectivity index (χ1) is 10.2. The number of rotatable bonds is 2. The minimum atomic E-state index is 0.558. The Labute approximate surface area is 127 Å². The normalized spacial score (nSPS) is 22.0. The van der Waals surface area contributed by atoms with Crippen LogP contribution in [0.5, 0.6) is 0 Å². The highest BCUT2D eigenvalue weighted by atomic mass is 15.2. The van der Waals surface area contributed by atoms with Crippen LogP contribution in [0.4, 0.5) is 5.82 Å². The number of fused-ring (bicyclic) bond motifs is 1. The molecule has 1 unspecified atom stereocenters. The molecule has 0 amide bonds. The van der Waals surface area contributed by atoms with E-state index in [9.17, 15) is 5.26 Å². The van der Waals surface area contributed by atoms with Crippen molar-refractivity contribution < 1.29 is 0 Å². The SMILES string of the molecule is CN(C)C1CCCN(c2nc3c(cc2C#N)CCCC3)C1. The van der Waals surface area contributed by atoms with Gasteiger partial charge in [-0.3, -0.25) is 0 Å². The summed E-state index contributed by atoms with van der Waals surface area (Å²) < 4.78 is 0. The molecule has 1 aliphatic carbocycles. The molecule has 2 heterocycles. The molecule has 112 valence electrons. The number of anilines is 1. The van der Waals surface area contributed by atoms with Crippen LogP contribution in [0, 0.1) is 11.3 Å². The molecule has 1 atom stereocenters. The van der Waals surface area contributed by atoms with Crippen LogP contribution >= 0.6 is 0 Å². The number of pyridine rings is 1. The predicted molar refractivity (Wildman–Crippen MR) is 84.5 cm³/mol. The van der Waals surface area contributed by atoms with Crippen LogP contribution in [0.15, 0.2) is 6.07 Å². The lowest BCUT2D eigenvalue weighted by atomic mass is 9.94. The van der Waals surface area contributed by atoms with E-state index in [-0.39, 0.29) is 0 Å². The van der Waals surface area contributed by atoms with Crippen molar-refractivity contribution in [2.24, 2.45) is 0 Å². The highest BCUT2D eigenvalue weighted by Crippen LogP contribution is 2.28. The van der Waals surface area contributed by atoms with Crippen LogP contribution in [0.1, 0.15) is 42.5 Å². The molecule has 2 aliphatic rings. The summed E-state index contributed by atoms with van der Waals surface area (Å²) in [7, 11) is 4.28. The fourth-order valence-corrected chi connectivity index (χ4v) is 3.51. The van der Waals surface area contributed by atoms with Crippen LogP contribution in [0.3, 0.4) is 0 Å². The average molecular weight is 284 g/mol. The van der Waals surface area contributed by atoms with Gasteiger partial charge in [0, 0.05) is 24.8 Å². The monoisotopic (exact) mass is 284 g/mol. The Morgan fingerprint density at radius 3 is 2.86 bits per heavy atom. The fraction of sp³-hybridized carbons (Fsp3) is 0.647. The van der Waals surface area contributed by atoms with E-state index in [2.05, 4.69) is 36.0 Å². The van der Waals surface area contributed by atoms with Crippen LogP contribution in [-0.2, 0) is 12.8 Å². The third-order valence-electron chi connectivity index (χ3n) is 4.83. The molecule has 1 aliphatic heterocycles. The predicted octanol–water partition coefficient (Wildman–Crippen LogP) is 2.36. The third kappa shape index (κ3) is 2.89. The van der Waals surface area contributed by atoms with Gasteiger partial charge in [0.05, 0.1) is 5.56 Å². The highest BCUT2D eigenvalue weighted by Gasteiger charge is 2.25. The second kappa shape index (κ2) is 6.03. The number of piperidine rings is 1. The molecule has 0 aromatic carbocycles. The van der Waals surface area contributed by atoms with Gasteiger partial charge in [0.1, 0.15) is 11.9 Å². The van der Waals surface area contributed by atoms with Crippen molar-refractivity contribution in [3.05, 3.63) is 22.9 Å². The Morgan fingerprint density at radius 2 is 2.10 bits per heavy atom. The molecule has 0 spiro atoms. The maximum Gasteiger partial charge on any atom is 0.146 e. The number of aryl methyl sites for hydroxylation is 2. The fourth-order valence-electron chi connectivity index (χ4n) is 3.51. The van der Waals surface area contributed by atoms with E-state index in [1.807, 2.05) is 0 Å². The molecule has 1 saturated heterocycles. The summed E-state index contributed by atoms with van der Waals surface area (Å²) >= 11 is 0. The third-order valence-corrected chi connectivity index (χ3v) is 4.83. The first-order valence-electron chi connectivity index (χ1n) is 8.03. The van der Waals surface area contributed by atoms with Gasteiger partial charge in [0.25, 0.3) is 0 Å². The van der Waals surface area contributed by atoms with Crippen molar-refractivity contribution in [2.75, 3.05) is 32.1 Å². The molecule has 21 heavy (non-hydrogen) atoms. The summed E-state index contributed by atoms with van der Waals surface area (Å²) in [4.78, 5) is 9.50. The molecule has 3 rings (SSSR count). The van der Waals surface area contributed by atoms with Gasteiger partial charge >= 0.3 is 0 Å². The number of aromatic nitrogens is 1. The zero-order valence-electron chi connectivity index (χ0n) is 13.1. The second-order valence-corrected chi connectivity index (χ2v) is 6.49. The molecule has 0 radical (unpaired) electrons. The molecule has 4 heteroatoms. The molecule has 0 bridgehead atoms. The quantitative estimate of drug-likeness (QED) is 0.836. The first kappa shape index (κ1) is 14.3. The molecule has 0 N–H and O–H groups in total. The molecule has 0 saturated carbocycles. The van der Waals surface area contributed by atoms with E-state index in [0.717, 1.165) is 37.3 Å². The zero-order chi connectivity index (χ0) is 14.8. The lowest BCUT2D eigenvalue weighted by Crippen LogP contribution is -2.45. The van der Waals surface area contributed by atoms with E-state index < -0.39 is 0 Å². The Kier molecular flexibility index (Phi) is 4.12. The van der Waals surface area contributed by atoms with Crippen LogP contribution < -0.4 is 4.90 Å². The zero-order valence-corrected chi connectivity index (χ0v) is 13.1. The largest absolute Gasteiger partial charge is 0.354 e. The van der Waals surface area contributed by atoms with Crippen molar-refractivity contribution in [3.8, 4) is 6.07 Å². The maximum absolute atomic E-state index is 9.50. The number of hydrogen-bond donors (Lipinski definition) is 0. The van der Waals surface area contributed by atoms with Crippen molar-refractivity contribution in [2.45, 2.75) is 44.6 Å². The summed E-state index contributed by atoms with van der Waals surface area (Å²) in [6.45, 7) is 2.00. The van der Waals surface area contributed by atoms with Crippen molar-refractivity contribution in [3.63, 3.8) is 0 Å². The standard InChI is InChI=1S/C17H24N4/c1-20(2)15-7-5-9-21(12-15)17-14(11-18)10-13-6-3-4-8-16(13)19-17/h10,15H,3-9,12H2,1-2H3. The number of nitrogens with zero attached hydrogens (tertiary/aromatic N) is 4. The summed E-state index contributed by atoms with van der Waals surface area (Å²) in [5.74, 6) is 0.921. The van der Waals surface area contributed by atoms with E-state index in [1.165, 1.54) is 36.9 Å². The van der Waals surface area contributed by atoms with Crippen molar-refractivity contribution in [1.29, 1.82) is 5.26 Å². The van der Waals surface area contributed by atoms with Gasteiger partial charge in [-0.05, 0) is 64.3 Å². The second-order valence-electron chi connectivity index (χ2n) is 6.49. The molecule has 1 aromatic rings. The summed E-state index contributed by atoms with van der Waals surface area (Å²) in [6, 6.07) is 5.02. The van der Waals surface area contributed by atoms with E-state index in [1.54, 1.807) is 0 Å². The number of likely N-dealkylation sites (N-methyl/N-ethyl adjacent to an activating group) is 1. The molecule has 1 fully saturated rings. The smallest absolute Gasteiger partial charge is 0.146 e. The Balaban J connectivity index is 1.92. The van der Waals surface area contributed by atoms with E-state index in [0.29, 0.717) is 6.04 Å². The first-order valence-corrected chi connectivity index (χ1v) is 8.03. The summed E-state index contributed by atoms with van der Waals surface area (Å²) in [5.41, 5.74) is 3.28. The molecular formula is C17H24N4. The molecule has 4 nitrogen and oxygen atoms in total. The summed E-state index contributed by atoms with van der Waals surface area (Å²) in [5, 5.41) is 9.50.